The minimum absolute atomic E-state index is 0.0731. The second kappa shape index (κ2) is 11.4. The molecule has 2 aromatic carbocycles. The molecule has 2 aliphatic heterocycles. The van der Waals surface area contributed by atoms with Crippen LogP contribution in [0.4, 0.5) is 4.79 Å². The molecule has 2 saturated heterocycles. The number of likely N-dealkylation sites (tertiary alicyclic amines) is 1. The summed E-state index contributed by atoms with van der Waals surface area (Å²) in [6.07, 6.45) is 2.55. The van der Waals surface area contributed by atoms with Crippen molar-refractivity contribution in [2.45, 2.75) is 70.5 Å². The Hall–Kier alpha value is -4.80. The molecule has 226 valence electrons. The molecular weight excluding hydrogens is 558 g/mol. The van der Waals surface area contributed by atoms with Crippen LogP contribution in [0.3, 0.4) is 0 Å². The summed E-state index contributed by atoms with van der Waals surface area (Å²) in [5.41, 5.74) is 4.21. The number of hydrogen-bond donors (Lipinski definition) is 1. The highest BCUT2D eigenvalue weighted by Gasteiger charge is 2.41. The van der Waals surface area contributed by atoms with Crippen LogP contribution in [0.5, 0.6) is 11.5 Å². The number of nitrogens with zero attached hydrogens (tertiary/aromatic N) is 6. The normalized spacial score (nSPS) is 20.1. The number of urea groups is 1. The number of ether oxygens (including phenoxy) is 1. The van der Waals surface area contributed by atoms with Crippen LogP contribution in [0, 0.1) is 0 Å². The van der Waals surface area contributed by atoms with Gasteiger partial charge in [-0.25, -0.2) is 4.79 Å². The Morgan fingerprint density at radius 1 is 1.00 bits per heavy atom. The molecule has 44 heavy (non-hydrogen) atoms. The first-order chi connectivity index (χ1) is 21.3. The third kappa shape index (κ3) is 5.73. The van der Waals surface area contributed by atoms with Crippen LogP contribution in [0.1, 0.15) is 69.0 Å². The molecule has 0 bridgehead atoms. The Kier molecular flexibility index (Phi) is 7.23. The Morgan fingerprint density at radius 2 is 1.80 bits per heavy atom. The van der Waals surface area contributed by atoms with E-state index in [9.17, 15) is 9.59 Å². The van der Waals surface area contributed by atoms with Crippen molar-refractivity contribution in [1.29, 1.82) is 0 Å². The maximum Gasteiger partial charge on any atom is 0.318 e. The summed E-state index contributed by atoms with van der Waals surface area (Å²) in [4.78, 5) is 33.4. The van der Waals surface area contributed by atoms with Gasteiger partial charge >= 0.3 is 6.03 Å². The lowest BCUT2D eigenvalue weighted by Crippen LogP contribution is -2.28. The Bertz CT molecular complexity index is 1680. The fraction of sp³-hybridized carbons (Fsp3) is 0.394. The molecule has 0 radical (unpaired) electrons. The molecule has 2 aromatic heterocycles. The Labute approximate surface area is 255 Å². The van der Waals surface area contributed by atoms with E-state index in [2.05, 4.69) is 39.5 Å². The summed E-state index contributed by atoms with van der Waals surface area (Å²) in [7, 11) is 0. The summed E-state index contributed by atoms with van der Waals surface area (Å²) >= 11 is 0. The van der Waals surface area contributed by atoms with Gasteiger partial charge in [-0.3, -0.25) is 4.79 Å². The SMILES string of the molecule is CC(C)c1ccc(-c2ccc(Oc3cc(-c4nc([C@@H]5CC(=O)N(C6CC6)C5)no4)ccc3CN3C[C@@H](C)NC3=O)cc2)nn1. The van der Waals surface area contributed by atoms with Crippen LogP contribution >= 0.6 is 0 Å². The van der Waals surface area contributed by atoms with Crippen molar-refractivity contribution in [2.75, 3.05) is 13.1 Å². The second-order valence-electron chi connectivity index (χ2n) is 12.3. The smallest absolute Gasteiger partial charge is 0.318 e. The van der Waals surface area contributed by atoms with Crippen LogP contribution in [-0.2, 0) is 11.3 Å². The topological polar surface area (TPSA) is 127 Å². The van der Waals surface area contributed by atoms with Crippen molar-refractivity contribution >= 4 is 11.9 Å². The van der Waals surface area contributed by atoms with Gasteiger partial charge in [0.1, 0.15) is 11.5 Å². The van der Waals surface area contributed by atoms with Gasteiger partial charge in [0.2, 0.25) is 5.91 Å². The van der Waals surface area contributed by atoms with Crippen LogP contribution in [-0.4, -0.2) is 67.2 Å². The van der Waals surface area contributed by atoms with Crippen LogP contribution in [0.15, 0.2) is 59.1 Å². The fourth-order valence-corrected chi connectivity index (χ4v) is 5.80. The second-order valence-corrected chi connectivity index (χ2v) is 12.3. The van der Waals surface area contributed by atoms with E-state index in [1.807, 2.05) is 66.4 Å². The summed E-state index contributed by atoms with van der Waals surface area (Å²) in [6, 6.07) is 17.7. The average molecular weight is 594 g/mol. The van der Waals surface area contributed by atoms with Gasteiger partial charge in [-0.2, -0.15) is 15.2 Å². The molecule has 7 rings (SSSR count). The number of nitrogens with one attached hydrogen (secondary N) is 1. The lowest BCUT2D eigenvalue weighted by Gasteiger charge is -2.18. The van der Waals surface area contributed by atoms with Gasteiger partial charge in [0.15, 0.2) is 5.82 Å². The maximum absolute atomic E-state index is 12.5. The summed E-state index contributed by atoms with van der Waals surface area (Å²) in [6.45, 7) is 7.79. The molecule has 1 aliphatic carbocycles. The first kappa shape index (κ1) is 28.0. The number of rotatable bonds is 9. The van der Waals surface area contributed by atoms with E-state index in [1.54, 1.807) is 4.90 Å². The number of aromatic nitrogens is 4. The quantitative estimate of drug-likeness (QED) is 0.270. The number of carbonyl (C=O) groups is 2. The van der Waals surface area contributed by atoms with Gasteiger partial charge in [-0.1, -0.05) is 25.1 Å². The molecule has 0 spiro atoms. The maximum atomic E-state index is 12.5. The van der Waals surface area contributed by atoms with Crippen LogP contribution < -0.4 is 10.1 Å². The lowest BCUT2D eigenvalue weighted by molar-refractivity contribution is -0.128. The predicted octanol–water partition coefficient (Wildman–Crippen LogP) is 5.50. The highest BCUT2D eigenvalue weighted by molar-refractivity contribution is 5.80. The van der Waals surface area contributed by atoms with E-state index in [4.69, 9.17) is 9.26 Å². The number of hydrogen-bond acceptors (Lipinski definition) is 8. The van der Waals surface area contributed by atoms with Crippen molar-refractivity contribution in [1.82, 2.24) is 35.5 Å². The highest BCUT2D eigenvalue weighted by atomic mass is 16.5. The van der Waals surface area contributed by atoms with Gasteiger partial charge in [0, 0.05) is 54.2 Å². The van der Waals surface area contributed by atoms with Crippen molar-refractivity contribution in [2.24, 2.45) is 0 Å². The van der Waals surface area contributed by atoms with Gasteiger partial charge in [0.25, 0.3) is 5.89 Å². The minimum Gasteiger partial charge on any atom is -0.457 e. The number of benzene rings is 2. The molecule has 0 unspecified atom stereocenters. The minimum atomic E-state index is -0.102. The fourth-order valence-electron chi connectivity index (χ4n) is 5.80. The standard InChI is InChI=1S/C33H35N7O4/c1-19(2)27-12-13-28(37-36-27)21-6-10-26(11-7-21)43-29-14-22(4-5-23(29)17-39-16-20(3)34-33(39)42)32-35-31(38-44-32)24-15-30(41)40(18-24)25-8-9-25/h4-7,10-14,19-20,24-25H,8-9,15-18H2,1-3H3,(H,34,42)/t20-,24-/m1/s1. The van der Waals surface area contributed by atoms with Crippen LogP contribution in [0.2, 0.25) is 0 Å². The van der Waals surface area contributed by atoms with Crippen LogP contribution in [0.25, 0.3) is 22.7 Å². The van der Waals surface area contributed by atoms with Gasteiger partial charge in [-0.15, -0.1) is 0 Å². The summed E-state index contributed by atoms with van der Waals surface area (Å²) < 4.78 is 12.1. The van der Waals surface area contributed by atoms with E-state index in [0.29, 0.717) is 66.8 Å². The summed E-state index contributed by atoms with van der Waals surface area (Å²) in [5, 5.41) is 15.9. The molecule has 11 heteroatoms. The predicted molar refractivity (Wildman–Crippen MR) is 162 cm³/mol. The highest BCUT2D eigenvalue weighted by Crippen LogP contribution is 2.37. The monoisotopic (exact) mass is 593 g/mol. The molecule has 2 atom stereocenters. The first-order valence-corrected chi connectivity index (χ1v) is 15.2. The first-order valence-electron chi connectivity index (χ1n) is 15.2. The van der Waals surface area contributed by atoms with Gasteiger partial charge in [-0.05, 0) is 74.2 Å². The zero-order valence-corrected chi connectivity index (χ0v) is 25.1. The Morgan fingerprint density at radius 3 is 2.48 bits per heavy atom. The van der Waals surface area contributed by atoms with E-state index in [-0.39, 0.29) is 23.9 Å². The van der Waals surface area contributed by atoms with E-state index in [1.165, 1.54) is 0 Å². The van der Waals surface area contributed by atoms with Crippen molar-refractivity contribution in [3.8, 4) is 34.2 Å². The summed E-state index contributed by atoms with van der Waals surface area (Å²) in [5.74, 6) is 2.53. The molecule has 4 aromatic rings. The largest absolute Gasteiger partial charge is 0.457 e. The third-order valence-electron chi connectivity index (χ3n) is 8.43. The van der Waals surface area contributed by atoms with Gasteiger partial charge < -0.3 is 24.4 Å². The zero-order chi connectivity index (χ0) is 30.4. The molecule has 1 saturated carbocycles. The molecule has 3 fully saturated rings. The third-order valence-corrected chi connectivity index (χ3v) is 8.43. The molecule has 4 heterocycles. The van der Waals surface area contributed by atoms with Crippen molar-refractivity contribution in [3.63, 3.8) is 0 Å². The van der Waals surface area contributed by atoms with Gasteiger partial charge in [0.05, 0.1) is 17.9 Å². The van der Waals surface area contributed by atoms with Crippen molar-refractivity contribution in [3.05, 3.63) is 71.7 Å². The molecule has 3 amide bonds. The molecular formula is C33H35N7O4. The number of carbonyl (C=O) groups excluding carboxylic acids is 2. The van der Waals surface area contributed by atoms with E-state index in [0.717, 1.165) is 35.4 Å². The molecule has 11 nitrogen and oxygen atoms in total. The number of amides is 3. The average Bonchev–Trinajstić information content (AvgIpc) is 3.45. The van der Waals surface area contributed by atoms with E-state index >= 15 is 0 Å². The van der Waals surface area contributed by atoms with E-state index < -0.39 is 0 Å². The van der Waals surface area contributed by atoms with Crippen molar-refractivity contribution < 1.29 is 18.8 Å². The lowest BCUT2D eigenvalue weighted by atomic mass is 10.1. The zero-order valence-electron chi connectivity index (χ0n) is 25.1. The molecule has 3 aliphatic rings. The molecule has 1 N–H and O–H groups in total. The Balaban J connectivity index is 1.14.